The Labute approximate surface area is 172 Å². The Kier molecular flexibility index (Phi) is 6.98. The van der Waals surface area contributed by atoms with Crippen LogP contribution in [0.4, 0.5) is 0 Å². The Morgan fingerprint density at radius 2 is 1.97 bits per heavy atom. The maximum Gasteiger partial charge on any atom is 0.290 e. The van der Waals surface area contributed by atoms with Crippen LogP contribution in [-0.2, 0) is 26.1 Å². The van der Waals surface area contributed by atoms with Crippen molar-refractivity contribution in [1.29, 1.82) is 0 Å². The fourth-order valence-electron chi connectivity index (χ4n) is 5.08. The van der Waals surface area contributed by atoms with Crippen molar-refractivity contribution in [2.75, 3.05) is 26.2 Å². The summed E-state index contributed by atoms with van der Waals surface area (Å²) in [5, 5.41) is 11.0. The van der Waals surface area contributed by atoms with E-state index < -0.39 is 10.0 Å². The van der Waals surface area contributed by atoms with Gasteiger partial charge in [-0.1, -0.05) is 6.92 Å². The van der Waals surface area contributed by atoms with Gasteiger partial charge in [0.15, 0.2) is 0 Å². The third-order valence-corrected chi connectivity index (χ3v) is 8.05. The van der Waals surface area contributed by atoms with Crippen LogP contribution in [0.1, 0.15) is 46.0 Å². The molecule has 3 aliphatic heterocycles. The summed E-state index contributed by atoms with van der Waals surface area (Å²) in [7, 11) is -3.51. The van der Waals surface area contributed by atoms with E-state index in [0.717, 1.165) is 19.4 Å². The molecule has 164 valence electrons. The van der Waals surface area contributed by atoms with Crippen LogP contribution in [0.5, 0.6) is 0 Å². The van der Waals surface area contributed by atoms with E-state index in [1.807, 2.05) is 6.92 Å². The number of morpholine rings is 1. The minimum Gasteiger partial charge on any atom is -0.483 e. The number of nitrogens with zero attached hydrogens (tertiary/aromatic N) is 4. The van der Waals surface area contributed by atoms with E-state index in [1.165, 1.54) is 25.5 Å². The molecule has 1 spiro atoms. The number of ether oxygens (including phenoxy) is 1. The zero-order chi connectivity index (χ0) is 21.1. The maximum absolute atomic E-state index is 13.1. The number of aryl methyl sites for hydroxylation is 1. The molecule has 0 amide bonds. The fourth-order valence-corrected chi connectivity index (χ4v) is 6.53. The minimum atomic E-state index is -3.51. The van der Waals surface area contributed by atoms with Gasteiger partial charge in [-0.2, -0.15) is 9.40 Å². The Bertz CT molecular complexity index is 782. The molecule has 4 heterocycles. The number of piperidine rings is 1. The molecular formula is C19H32N4O5S. The highest BCUT2D eigenvalue weighted by Crippen LogP contribution is 2.44. The van der Waals surface area contributed by atoms with Crippen LogP contribution in [0, 0.1) is 0 Å². The third-order valence-electron chi connectivity index (χ3n) is 6.25. The van der Waals surface area contributed by atoms with Crippen LogP contribution in [-0.4, -0.2) is 82.9 Å². The summed E-state index contributed by atoms with van der Waals surface area (Å²) in [6.07, 6.45) is 8.59. The highest BCUT2D eigenvalue weighted by Gasteiger charge is 2.51. The predicted octanol–water partition coefficient (Wildman–Crippen LogP) is 1.40. The number of fused-ring (bicyclic) bond motifs is 2. The molecule has 0 aromatic carbocycles. The van der Waals surface area contributed by atoms with Gasteiger partial charge in [-0.15, -0.1) is 0 Å². The normalized spacial score (nSPS) is 30.1. The monoisotopic (exact) mass is 428 g/mol. The smallest absolute Gasteiger partial charge is 0.290 e. The molecule has 1 N–H and O–H groups in total. The van der Waals surface area contributed by atoms with E-state index in [4.69, 9.17) is 14.6 Å². The molecule has 3 atom stereocenters. The highest BCUT2D eigenvalue weighted by molar-refractivity contribution is 7.89. The molecule has 9 nitrogen and oxygen atoms in total. The average molecular weight is 429 g/mol. The molecule has 0 saturated carbocycles. The van der Waals surface area contributed by atoms with Gasteiger partial charge in [-0.3, -0.25) is 14.4 Å². The molecule has 4 rings (SSSR count). The van der Waals surface area contributed by atoms with Crippen molar-refractivity contribution in [2.24, 2.45) is 0 Å². The SMILES string of the molecule is CCCN1[C@@H]2CC[C@H]1CC1(C2)CN(S(=O)(=O)c2cnn(CC)c2)CCO1.O=CO. The van der Waals surface area contributed by atoms with Crippen LogP contribution in [0.2, 0.25) is 0 Å². The summed E-state index contributed by atoms with van der Waals surface area (Å²) in [6.45, 7) is 7.12. The van der Waals surface area contributed by atoms with Crippen LogP contribution >= 0.6 is 0 Å². The summed E-state index contributed by atoms with van der Waals surface area (Å²) >= 11 is 0. The topological polar surface area (TPSA) is 105 Å². The maximum atomic E-state index is 13.1. The van der Waals surface area contributed by atoms with E-state index in [-0.39, 0.29) is 12.1 Å². The van der Waals surface area contributed by atoms with E-state index in [0.29, 0.717) is 43.2 Å². The molecular weight excluding hydrogens is 396 g/mol. The average Bonchev–Trinajstić information content (AvgIpc) is 3.27. The van der Waals surface area contributed by atoms with Gasteiger partial charge in [-0.25, -0.2) is 8.42 Å². The Balaban J connectivity index is 0.000000755. The lowest BCUT2D eigenvalue weighted by atomic mass is 9.85. The molecule has 0 aliphatic carbocycles. The standard InChI is InChI=1S/C18H30N4O3S.CH2O2/c1-3-7-22-15-5-6-16(22)11-18(10-15)14-21(8-9-25-18)26(23,24)17-12-19-20(4-2)13-17;2-1-3/h12-13,15-16H,3-11,14H2,1-2H3;1H,(H,2,3)/t15-,16+,18?;. The molecule has 29 heavy (non-hydrogen) atoms. The Morgan fingerprint density at radius 1 is 1.31 bits per heavy atom. The Morgan fingerprint density at radius 3 is 2.52 bits per heavy atom. The Hall–Kier alpha value is -1.49. The number of hydrogen-bond acceptors (Lipinski definition) is 6. The first-order valence-corrected chi connectivity index (χ1v) is 11.8. The number of carboxylic acid groups (broad SMARTS) is 1. The first-order chi connectivity index (χ1) is 13.9. The summed E-state index contributed by atoms with van der Waals surface area (Å²) in [5.74, 6) is 0. The first-order valence-electron chi connectivity index (χ1n) is 10.4. The zero-order valence-corrected chi connectivity index (χ0v) is 18.1. The second-order valence-corrected chi connectivity index (χ2v) is 9.98. The van der Waals surface area contributed by atoms with Crippen molar-refractivity contribution in [3.8, 4) is 0 Å². The summed E-state index contributed by atoms with van der Waals surface area (Å²) in [5.41, 5.74) is -0.317. The number of carbonyl (C=O) groups is 1. The van der Waals surface area contributed by atoms with Crippen molar-refractivity contribution in [3.05, 3.63) is 12.4 Å². The molecule has 10 heteroatoms. The minimum absolute atomic E-state index is 0.250. The third kappa shape index (κ3) is 4.50. The summed E-state index contributed by atoms with van der Waals surface area (Å²) in [6, 6.07) is 1.08. The molecule has 0 radical (unpaired) electrons. The van der Waals surface area contributed by atoms with Crippen molar-refractivity contribution in [2.45, 2.75) is 75.1 Å². The molecule has 2 bridgehead atoms. The zero-order valence-electron chi connectivity index (χ0n) is 17.2. The van der Waals surface area contributed by atoms with Crippen molar-refractivity contribution in [1.82, 2.24) is 19.0 Å². The van der Waals surface area contributed by atoms with Crippen molar-refractivity contribution < 1.29 is 23.1 Å². The lowest BCUT2D eigenvalue weighted by Crippen LogP contribution is -2.60. The van der Waals surface area contributed by atoms with Crippen LogP contribution in [0.15, 0.2) is 17.3 Å². The molecule has 1 aromatic rings. The van der Waals surface area contributed by atoms with Gasteiger partial charge < -0.3 is 9.84 Å². The number of aromatic nitrogens is 2. The molecule has 3 saturated heterocycles. The molecule has 3 aliphatic rings. The van der Waals surface area contributed by atoms with Crippen LogP contribution in [0.3, 0.4) is 0 Å². The first kappa shape index (κ1) is 22.2. The van der Waals surface area contributed by atoms with Crippen molar-refractivity contribution >= 4 is 16.5 Å². The van der Waals surface area contributed by atoms with E-state index in [9.17, 15) is 8.42 Å². The second-order valence-electron chi connectivity index (χ2n) is 8.04. The van der Waals surface area contributed by atoms with Crippen LogP contribution < -0.4 is 0 Å². The van der Waals surface area contributed by atoms with Gasteiger partial charge >= 0.3 is 0 Å². The van der Waals surface area contributed by atoms with Gasteiger partial charge in [0, 0.05) is 37.9 Å². The van der Waals surface area contributed by atoms with E-state index >= 15 is 0 Å². The lowest BCUT2D eigenvalue weighted by molar-refractivity contribution is -0.135. The van der Waals surface area contributed by atoms with Gasteiger partial charge in [0.25, 0.3) is 6.47 Å². The van der Waals surface area contributed by atoms with Gasteiger partial charge in [-0.05, 0) is 45.6 Å². The van der Waals surface area contributed by atoms with E-state index in [2.05, 4.69) is 16.9 Å². The van der Waals surface area contributed by atoms with Gasteiger partial charge in [0.05, 0.1) is 18.4 Å². The van der Waals surface area contributed by atoms with E-state index in [1.54, 1.807) is 15.2 Å². The lowest BCUT2D eigenvalue weighted by Gasteiger charge is -2.50. The van der Waals surface area contributed by atoms with Crippen molar-refractivity contribution in [3.63, 3.8) is 0 Å². The molecule has 1 unspecified atom stereocenters. The number of rotatable bonds is 5. The highest BCUT2D eigenvalue weighted by atomic mass is 32.2. The second kappa shape index (κ2) is 9.11. The largest absolute Gasteiger partial charge is 0.483 e. The fraction of sp³-hybridized carbons (Fsp3) is 0.789. The quantitative estimate of drug-likeness (QED) is 0.707. The number of sulfonamides is 1. The summed E-state index contributed by atoms with van der Waals surface area (Å²) < 4.78 is 35.7. The van der Waals surface area contributed by atoms with Gasteiger partial charge in [0.2, 0.25) is 10.0 Å². The van der Waals surface area contributed by atoms with Crippen LogP contribution in [0.25, 0.3) is 0 Å². The van der Waals surface area contributed by atoms with Gasteiger partial charge in [0.1, 0.15) is 4.90 Å². The number of hydrogen-bond donors (Lipinski definition) is 1. The summed E-state index contributed by atoms with van der Waals surface area (Å²) in [4.78, 5) is 11.3. The molecule has 1 aromatic heterocycles. The predicted molar refractivity (Wildman–Crippen MR) is 107 cm³/mol. The molecule has 3 fully saturated rings.